The fourth-order valence-corrected chi connectivity index (χ4v) is 2.93. The molecule has 24 heavy (non-hydrogen) atoms. The first-order valence-electron chi connectivity index (χ1n) is 8.42. The lowest BCUT2D eigenvalue weighted by Gasteiger charge is -2.15. The van der Waals surface area contributed by atoms with Gasteiger partial charge in [0, 0.05) is 30.8 Å². The van der Waals surface area contributed by atoms with E-state index in [0.29, 0.717) is 18.5 Å². The van der Waals surface area contributed by atoms with Gasteiger partial charge in [0.1, 0.15) is 0 Å². The number of carbonyl (C=O) groups is 2. The summed E-state index contributed by atoms with van der Waals surface area (Å²) in [6.45, 7) is 3.54. The van der Waals surface area contributed by atoms with Crippen LogP contribution in [0.25, 0.3) is 0 Å². The van der Waals surface area contributed by atoms with Crippen LogP contribution >= 0.6 is 0 Å². The highest BCUT2D eigenvalue weighted by Crippen LogP contribution is 2.16. The van der Waals surface area contributed by atoms with Crippen LogP contribution in [-0.2, 0) is 17.8 Å². The molecule has 0 aromatic heterocycles. The van der Waals surface area contributed by atoms with Crippen molar-refractivity contribution in [2.75, 3.05) is 11.9 Å². The molecule has 2 aromatic carbocycles. The SMILES string of the molecule is CCc1cccc(NC(=O)c2ccc(CN3CCCC3=O)cc2)c1. The third-order valence-electron chi connectivity index (χ3n) is 4.35. The minimum absolute atomic E-state index is 0.118. The van der Waals surface area contributed by atoms with Crippen LogP contribution in [0.15, 0.2) is 48.5 Å². The maximum atomic E-state index is 12.3. The first-order valence-corrected chi connectivity index (χ1v) is 8.42. The number of hydrogen-bond donors (Lipinski definition) is 1. The number of carbonyl (C=O) groups excluding carboxylic acids is 2. The van der Waals surface area contributed by atoms with Gasteiger partial charge in [0.2, 0.25) is 5.91 Å². The molecule has 0 aliphatic carbocycles. The summed E-state index contributed by atoms with van der Waals surface area (Å²) in [5, 5.41) is 2.93. The molecule has 1 fully saturated rings. The molecule has 2 aromatic rings. The van der Waals surface area contributed by atoms with Gasteiger partial charge < -0.3 is 10.2 Å². The fraction of sp³-hybridized carbons (Fsp3) is 0.300. The highest BCUT2D eigenvalue weighted by atomic mass is 16.2. The van der Waals surface area contributed by atoms with E-state index in [1.54, 1.807) is 0 Å². The Balaban J connectivity index is 1.64. The molecule has 0 atom stereocenters. The van der Waals surface area contributed by atoms with Gasteiger partial charge in [-0.15, -0.1) is 0 Å². The summed E-state index contributed by atoms with van der Waals surface area (Å²) >= 11 is 0. The molecule has 2 amide bonds. The van der Waals surface area contributed by atoms with Crippen LogP contribution in [0.5, 0.6) is 0 Å². The predicted octanol–water partition coefficient (Wildman–Crippen LogP) is 3.62. The zero-order chi connectivity index (χ0) is 16.9. The van der Waals surface area contributed by atoms with Crippen molar-refractivity contribution in [1.29, 1.82) is 0 Å². The topological polar surface area (TPSA) is 49.4 Å². The summed E-state index contributed by atoms with van der Waals surface area (Å²) in [6, 6.07) is 15.3. The number of benzene rings is 2. The predicted molar refractivity (Wildman–Crippen MR) is 94.9 cm³/mol. The first kappa shape index (κ1) is 16.2. The Bertz CT molecular complexity index is 738. The van der Waals surface area contributed by atoms with Gasteiger partial charge in [0.25, 0.3) is 5.91 Å². The maximum Gasteiger partial charge on any atom is 0.255 e. The van der Waals surface area contributed by atoms with Gasteiger partial charge >= 0.3 is 0 Å². The van der Waals surface area contributed by atoms with Gasteiger partial charge in [-0.05, 0) is 48.2 Å². The number of rotatable bonds is 5. The van der Waals surface area contributed by atoms with Crippen molar-refractivity contribution in [2.24, 2.45) is 0 Å². The van der Waals surface area contributed by atoms with Crippen molar-refractivity contribution < 1.29 is 9.59 Å². The monoisotopic (exact) mass is 322 g/mol. The second-order valence-electron chi connectivity index (χ2n) is 6.12. The Morgan fingerprint density at radius 2 is 1.92 bits per heavy atom. The molecule has 1 aliphatic rings. The van der Waals surface area contributed by atoms with Crippen molar-refractivity contribution in [3.63, 3.8) is 0 Å². The molecule has 124 valence electrons. The normalized spacial score (nSPS) is 14.0. The lowest BCUT2D eigenvalue weighted by Crippen LogP contribution is -2.23. The van der Waals surface area contributed by atoms with Crippen LogP contribution in [0.3, 0.4) is 0 Å². The lowest BCUT2D eigenvalue weighted by molar-refractivity contribution is -0.128. The molecular weight excluding hydrogens is 300 g/mol. The molecule has 1 aliphatic heterocycles. The third-order valence-corrected chi connectivity index (χ3v) is 4.35. The largest absolute Gasteiger partial charge is 0.338 e. The van der Waals surface area contributed by atoms with Crippen LogP contribution in [-0.4, -0.2) is 23.3 Å². The summed E-state index contributed by atoms with van der Waals surface area (Å²) < 4.78 is 0. The highest BCUT2D eigenvalue weighted by Gasteiger charge is 2.19. The van der Waals surface area contributed by atoms with E-state index in [2.05, 4.69) is 12.2 Å². The quantitative estimate of drug-likeness (QED) is 0.914. The van der Waals surface area contributed by atoms with E-state index < -0.39 is 0 Å². The van der Waals surface area contributed by atoms with Gasteiger partial charge in [-0.2, -0.15) is 0 Å². The summed E-state index contributed by atoms with van der Waals surface area (Å²) in [6.07, 6.45) is 2.53. The molecule has 0 radical (unpaired) electrons. The van der Waals surface area contributed by atoms with Gasteiger partial charge in [0.15, 0.2) is 0 Å². The number of amides is 2. The van der Waals surface area contributed by atoms with E-state index in [4.69, 9.17) is 0 Å². The summed E-state index contributed by atoms with van der Waals surface area (Å²) in [7, 11) is 0. The number of aryl methyl sites for hydroxylation is 1. The van der Waals surface area contributed by atoms with E-state index in [0.717, 1.165) is 30.6 Å². The summed E-state index contributed by atoms with van der Waals surface area (Å²) in [5.41, 5.74) is 3.67. The van der Waals surface area contributed by atoms with Crippen LogP contribution in [0, 0.1) is 0 Å². The molecular formula is C20H22N2O2. The Hall–Kier alpha value is -2.62. The first-order chi connectivity index (χ1) is 11.7. The smallest absolute Gasteiger partial charge is 0.255 e. The van der Waals surface area contributed by atoms with Gasteiger partial charge in [-0.25, -0.2) is 0 Å². The summed E-state index contributed by atoms with van der Waals surface area (Å²) in [4.78, 5) is 25.9. The van der Waals surface area contributed by atoms with E-state index in [1.807, 2.05) is 53.4 Å². The Labute approximate surface area is 142 Å². The van der Waals surface area contributed by atoms with E-state index in [1.165, 1.54) is 5.56 Å². The van der Waals surface area contributed by atoms with Crippen molar-refractivity contribution >= 4 is 17.5 Å². The second-order valence-corrected chi connectivity index (χ2v) is 6.12. The molecule has 4 heteroatoms. The summed E-state index contributed by atoms with van der Waals surface area (Å²) in [5.74, 6) is 0.0969. The van der Waals surface area contributed by atoms with Gasteiger partial charge in [0.05, 0.1) is 0 Å². The minimum Gasteiger partial charge on any atom is -0.338 e. The Morgan fingerprint density at radius 3 is 2.58 bits per heavy atom. The highest BCUT2D eigenvalue weighted by molar-refractivity contribution is 6.04. The van der Waals surface area contributed by atoms with Crippen LogP contribution in [0.4, 0.5) is 5.69 Å². The molecule has 0 unspecified atom stereocenters. The maximum absolute atomic E-state index is 12.3. The molecule has 1 saturated heterocycles. The van der Waals surface area contributed by atoms with Crippen molar-refractivity contribution in [2.45, 2.75) is 32.7 Å². The van der Waals surface area contributed by atoms with Gasteiger partial charge in [-0.3, -0.25) is 9.59 Å². The fourth-order valence-electron chi connectivity index (χ4n) is 2.93. The average Bonchev–Trinajstić information content (AvgIpc) is 3.00. The molecule has 3 rings (SSSR count). The zero-order valence-corrected chi connectivity index (χ0v) is 13.9. The molecule has 1 heterocycles. The van der Waals surface area contributed by atoms with E-state index in [9.17, 15) is 9.59 Å². The van der Waals surface area contributed by atoms with Crippen molar-refractivity contribution in [3.05, 3.63) is 65.2 Å². The number of nitrogens with zero attached hydrogens (tertiary/aromatic N) is 1. The van der Waals surface area contributed by atoms with E-state index in [-0.39, 0.29) is 11.8 Å². The number of anilines is 1. The molecule has 0 saturated carbocycles. The Morgan fingerprint density at radius 1 is 1.12 bits per heavy atom. The van der Waals surface area contributed by atoms with Crippen molar-refractivity contribution in [1.82, 2.24) is 4.90 Å². The standard InChI is InChI=1S/C20H22N2O2/c1-2-15-5-3-6-18(13-15)21-20(24)17-10-8-16(9-11-17)14-22-12-4-7-19(22)23/h3,5-6,8-11,13H,2,4,7,12,14H2,1H3,(H,21,24). The number of nitrogens with one attached hydrogen (secondary N) is 1. The van der Waals surface area contributed by atoms with Crippen LogP contribution in [0.1, 0.15) is 41.3 Å². The average molecular weight is 322 g/mol. The Kier molecular flexibility index (Phi) is 4.94. The minimum atomic E-state index is -0.118. The lowest BCUT2D eigenvalue weighted by atomic mass is 10.1. The molecule has 0 bridgehead atoms. The molecule has 0 spiro atoms. The molecule has 4 nitrogen and oxygen atoms in total. The van der Waals surface area contributed by atoms with Crippen molar-refractivity contribution in [3.8, 4) is 0 Å². The number of hydrogen-bond acceptors (Lipinski definition) is 2. The second kappa shape index (κ2) is 7.30. The number of likely N-dealkylation sites (tertiary alicyclic amines) is 1. The van der Waals surface area contributed by atoms with E-state index >= 15 is 0 Å². The zero-order valence-electron chi connectivity index (χ0n) is 13.9. The molecule has 1 N–H and O–H groups in total. The van der Waals surface area contributed by atoms with Gasteiger partial charge in [-0.1, -0.05) is 31.2 Å². The van der Waals surface area contributed by atoms with Crippen LogP contribution in [0.2, 0.25) is 0 Å². The third kappa shape index (κ3) is 3.82. The van der Waals surface area contributed by atoms with Crippen LogP contribution < -0.4 is 5.32 Å².